The predicted octanol–water partition coefficient (Wildman–Crippen LogP) is 5.39. The van der Waals surface area contributed by atoms with Gasteiger partial charge in [0.2, 0.25) is 5.52 Å². The highest BCUT2D eigenvalue weighted by Crippen LogP contribution is 2.28. The molecule has 3 nitrogen and oxygen atoms in total. The van der Waals surface area contributed by atoms with Gasteiger partial charge in [-0.05, 0) is 24.2 Å². The number of hydrogen-bond acceptors (Lipinski definition) is 4. The van der Waals surface area contributed by atoms with Gasteiger partial charge in [-0.2, -0.15) is 4.57 Å². The standard InChI is InChI=1S/C18H26NO2S2.BrH/c1-3-5-9-13-21-17(20)14-22-18-19(12-6-4-2)15-10-7-8-11-16(15)23-18;/h7-8,10-11H,3-6,9,12-14H2,1-2H3;1H/q+1;. The summed E-state index contributed by atoms with van der Waals surface area (Å²) in [6, 6.07) is 8.46. The summed E-state index contributed by atoms with van der Waals surface area (Å²) in [7, 11) is 0. The van der Waals surface area contributed by atoms with Gasteiger partial charge < -0.3 is 4.74 Å². The third kappa shape index (κ3) is 6.37. The Hall–Kier alpha value is -0.590. The van der Waals surface area contributed by atoms with Gasteiger partial charge in [-0.3, -0.25) is 4.79 Å². The van der Waals surface area contributed by atoms with Gasteiger partial charge in [0.25, 0.3) is 4.34 Å². The fourth-order valence-electron chi connectivity index (χ4n) is 2.35. The van der Waals surface area contributed by atoms with Crippen molar-refractivity contribution in [2.45, 2.75) is 56.8 Å². The lowest BCUT2D eigenvalue weighted by Crippen LogP contribution is -2.34. The zero-order chi connectivity index (χ0) is 16.5. The normalized spacial score (nSPS) is 10.6. The minimum absolute atomic E-state index is 0. The first-order chi connectivity index (χ1) is 11.3. The summed E-state index contributed by atoms with van der Waals surface area (Å²) >= 11 is 3.37. The van der Waals surface area contributed by atoms with Crippen molar-refractivity contribution in [2.75, 3.05) is 12.4 Å². The molecule has 0 bridgehead atoms. The van der Waals surface area contributed by atoms with E-state index in [2.05, 4.69) is 42.7 Å². The van der Waals surface area contributed by atoms with Gasteiger partial charge >= 0.3 is 5.97 Å². The number of benzene rings is 1. The van der Waals surface area contributed by atoms with Gasteiger partial charge in [-0.25, -0.2) is 0 Å². The summed E-state index contributed by atoms with van der Waals surface area (Å²) < 4.78 is 10.1. The van der Waals surface area contributed by atoms with Crippen molar-refractivity contribution in [2.24, 2.45) is 0 Å². The largest absolute Gasteiger partial charge is 0.465 e. The predicted molar refractivity (Wildman–Crippen MR) is 108 cm³/mol. The molecular formula is C18H27BrNO2S2+. The number of ether oxygens (including phenoxy) is 1. The van der Waals surface area contributed by atoms with Crippen molar-refractivity contribution in [3.8, 4) is 0 Å². The van der Waals surface area contributed by atoms with Crippen molar-refractivity contribution in [3.05, 3.63) is 24.3 Å². The van der Waals surface area contributed by atoms with Gasteiger partial charge in [-0.1, -0.05) is 56.6 Å². The maximum Gasteiger partial charge on any atom is 0.316 e. The van der Waals surface area contributed by atoms with Crippen LogP contribution >= 0.6 is 40.1 Å². The molecule has 1 aromatic heterocycles. The van der Waals surface area contributed by atoms with E-state index in [0.29, 0.717) is 12.4 Å². The topological polar surface area (TPSA) is 30.2 Å². The number of aryl methyl sites for hydroxylation is 1. The first-order valence-corrected chi connectivity index (χ1v) is 10.3. The van der Waals surface area contributed by atoms with Gasteiger partial charge in [0.1, 0.15) is 10.5 Å². The minimum atomic E-state index is -0.106. The Balaban J connectivity index is 0.00000288. The van der Waals surface area contributed by atoms with Crippen molar-refractivity contribution < 1.29 is 14.1 Å². The van der Waals surface area contributed by atoms with Crippen molar-refractivity contribution in [1.82, 2.24) is 0 Å². The molecule has 0 aliphatic rings. The number of aromatic nitrogens is 1. The van der Waals surface area contributed by atoms with Gasteiger partial charge in [-0.15, -0.1) is 17.0 Å². The molecule has 0 unspecified atom stereocenters. The van der Waals surface area contributed by atoms with Crippen molar-refractivity contribution in [3.63, 3.8) is 0 Å². The summed E-state index contributed by atoms with van der Waals surface area (Å²) in [5.41, 5.74) is 1.27. The molecule has 1 heterocycles. The van der Waals surface area contributed by atoms with Crippen LogP contribution < -0.4 is 4.57 Å². The summed E-state index contributed by atoms with van der Waals surface area (Å²) in [4.78, 5) is 11.9. The molecule has 0 atom stereocenters. The number of halogens is 1. The first kappa shape index (κ1) is 21.5. The van der Waals surface area contributed by atoms with Gasteiger partial charge in [0.15, 0.2) is 6.54 Å². The molecule has 134 valence electrons. The van der Waals surface area contributed by atoms with E-state index < -0.39 is 0 Å². The van der Waals surface area contributed by atoms with Crippen LogP contribution in [0.2, 0.25) is 0 Å². The maximum atomic E-state index is 11.9. The highest BCUT2D eigenvalue weighted by atomic mass is 79.9. The number of hydrogen-bond donors (Lipinski definition) is 0. The second-order valence-electron chi connectivity index (χ2n) is 5.56. The third-order valence-electron chi connectivity index (χ3n) is 3.63. The molecule has 0 amide bonds. The number of unbranched alkanes of at least 4 members (excludes halogenated alkanes) is 3. The van der Waals surface area contributed by atoms with E-state index in [1.807, 2.05) is 0 Å². The van der Waals surface area contributed by atoms with E-state index >= 15 is 0 Å². The minimum Gasteiger partial charge on any atom is -0.465 e. The molecule has 0 spiro atoms. The molecule has 0 radical (unpaired) electrons. The number of rotatable bonds is 10. The number of fused-ring (bicyclic) bond motifs is 1. The van der Waals surface area contributed by atoms with E-state index in [9.17, 15) is 4.79 Å². The maximum absolute atomic E-state index is 11.9. The zero-order valence-electron chi connectivity index (χ0n) is 14.5. The highest BCUT2D eigenvalue weighted by Gasteiger charge is 2.21. The van der Waals surface area contributed by atoms with E-state index in [1.54, 1.807) is 23.1 Å². The summed E-state index contributed by atoms with van der Waals surface area (Å²) in [6.45, 7) is 5.91. The zero-order valence-corrected chi connectivity index (χ0v) is 17.8. The van der Waals surface area contributed by atoms with E-state index in [0.717, 1.165) is 32.2 Å². The fourth-order valence-corrected chi connectivity index (χ4v) is 4.62. The highest BCUT2D eigenvalue weighted by molar-refractivity contribution is 8.93. The Morgan fingerprint density at radius 3 is 2.67 bits per heavy atom. The number of esters is 1. The van der Waals surface area contributed by atoms with Crippen molar-refractivity contribution in [1.29, 1.82) is 0 Å². The summed E-state index contributed by atoms with van der Waals surface area (Å²) in [6.07, 6.45) is 5.55. The fraction of sp³-hybridized carbons (Fsp3) is 0.556. The lowest BCUT2D eigenvalue weighted by Gasteiger charge is -2.03. The van der Waals surface area contributed by atoms with Crippen LogP contribution in [0.15, 0.2) is 28.6 Å². The average Bonchev–Trinajstić information content (AvgIpc) is 2.92. The molecule has 2 aromatic rings. The smallest absolute Gasteiger partial charge is 0.316 e. The Kier molecular flexibility index (Phi) is 10.6. The molecule has 0 saturated heterocycles. The van der Waals surface area contributed by atoms with Crippen LogP contribution in [-0.2, 0) is 16.1 Å². The molecule has 0 aliphatic heterocycles. The Morgan fingerprint density at radius 2 is 1.92 bits per heavy atom. The van der Waals surface area contributed by atoms with E-state index in [1.165, 1.54) is 21.0 Å². The van der Waals surface area contributed by atoms with Crippen LogP contribution in [0.1, 0.15) is 46.0 Å². The SMILES string of the molecule is Br.CCCCCOC(=O)CSc1sc2ccccc2[n+]1CCCC. The molecule has 24 heavy (non-hydrogen) atoms. The van der Waals surface area contributed by atoms with Gasteiger partial charge in [0.05, 0.1) is 6.61 Å². The quantitative estimate of drug-likeness (QED) is 0.218. The van der Waals surface area contributed by atoms with Crippen LogP contribution in [0.4, 0.5) is 0 Å². The number of thioether (sulfide) groups is 1. The second kappa shape index (κ2) is 11.9. The molecule has 1 aromatic carbocycles. The number of nitrogens with zero attached hydrogens (tertiary/aromatic N) is 1. The van der Waals surface area contributed by atoms with Crippen LogP contribution in [0, 0.1) is 0 Å². The Morgan fingerprint density at radius 1 is 1.17 bits per heavy atom. The van der Waals surface area contributed by atoms with Crippen LogP contribution in [0.5, 0.6) is 0 Å². The van der Waals surface area contributed by atoms with E-state index in [-0.39, 0.29) is 23.0 Å². The van der Waals surface area contributed by atoms with Crippen LogP contribution in [0.3, 0.4) is 0 Å². The second-order valence-corrected chi connectivity index (χ2v) is 7.81. The lowest BCUT2D eigenvalue weighted by molar-refractivity contribution is -0.702. The molecule has 2 rings (SSSR count). The Bertz CT molecular complexity index is 631. The number of para-hydroxylation sites is 1. The summed E-state index contributed by atoms with van der Waals surface area (Å²) in [5.74, 6) is 0.288. The number of thiazole rings is 1. The third-order valence-corrected chi connectivity index (χ3v) is 6.04. The lowest BCUT2D eigenvalue weighted by atomic mass is 10.3. The average molecular weight is 433 g/mol. The molecule has 0 fully saturated rings. The molecule has 6 heteroatoms. The number of carbonyl (C=O) groups is 1. The summed E-state index contributed by atoms with van der Waals surface area (Å²) in [5, 5.41) is 0. The molecule has 0 aliphatic carbocycles. The molecule has 0 saturated carbocycles. The monoisotopic (exact) mass is 432 g/mol. The number of carbonyl (C=O) groups excluding carboxylic acids is 1. The first-order valence-electron chi connectivity index (χ1n) is 8.46. The van der Waals surface area contributed by atoms with Gasteiger partial charge in [0, 0.05) is 12.5 Å². The van der Waals surface area contributed by atoms with E-state index in [4.69, 9.17) is 4.74 Å². The Labute approximate surface area is 163 Å². The molecular weight excluding hydrogens is 406 g/mol. The van der Waals surface area contributed by atoms with Crippen LogP contribution in [0.25, 0.3) is 10.2 Å². The molecule has 0 N–H and O–H groups in total. The van der Waals surface area contributed by atoms with Crippen molar-refractivity contribution >= 4 is 56.3 Å². The van der Waals surface area contributed by atoms with Crippen LogP contribution in [-0.4, -0.2) is 18.3 Å².